The first kappa shape index (κ1) is 10.5. The number of aromatic carboxylic acids is 1. The molecule has 0 fully saturated rings. The van der Waals surface area contributed by atoms with Gasteiger partial charge < -0.3 is 10.1 Å². The molecular formula is C12H10N4O2. The second kappa shape index (κ2) is 3.69. The summed E-state index contributed by atoms with van der Waals surface area (Å²) < 4.78 is 1.64. The van der Waals surface area contributed by atoms with E-state index < -0.39 is 5.97 Å². The van der Waals surface area contributed by atoms with Gasteiger partial charge in [-0.15, -0.1) is 0 Å². The van der Waals surface area contributed by atoms with Gasteiger partial charge in [-0.1, -0.05) is 0 Å². The van der Waals surface area contributed by atoms with Crippen molar-refractivity contribution in [1.82, 2.24) is 19.6 Å². The standard InChI is InChI=1S/C12H10N4O2/c1-7-4-11-14-9(12(17)18)5-10(16(11)15-7)8-2-3-13-6-8/h2-6,13H,1H3,(H,17,18). The Morgan fingerprint density at radius 1 is 1.44 bits per heavy atom. The zero-order valence-corrected chi connectivity index (χ0v) is 9.58. The van der Waals surface area contributed by atoms with Crippen LogP contribution in [0, 0.1) is 6.92 Å². The maximum Gasteiger partial charge on any atom is 0.354 e. The minimum atomic E-state index is -1.05. The predicted octanol–water partition coefficient (Wildman–Crippen LogP) is 1.73. The molecule has 0 aromatic carbocycles. The molecule has 0 radical (unpaired) electrons. The molecule has 0 bridgehead atoms. The number of hydrogen-bond acceptors (Lipinski definition) is 3. The fourth-order valence-corrected chi connectivity index (χ4v) is 1.89. The van der Waals surface area contributed by atoms with Crippen molar-refractivity contribution in [3.05, 3.63) is 42.0 Å². The fourth-order valence-electron chi connectivity index (χ4n) is 1.89. The average Bonchev–Trinajstić information content (AvgIpc) is 2.94. The largest absolute Gasteiger partial charge is 0.477 e. The molecule has 3 rings (SSSR count). The van der Waals surface area contributed by atoms with E-state index >= 15 is 0 Å². The SMILES string of the molecule is Cc1cc2nc(C(=O)O)cc(-c3cc[nH]c3)n2n1. The number of hydrogen-bond donors (Lipinski definition) is 2. The van der Waals surface area contributed by atoms with Gasteiger partial charge in [0.1, 0.15) is 0 Å². The van der Waals surface area contributed by atoms with E-state index in [1.807, 2.05) is 13.0 Å². The van der Waals surface area contributed by atoms with E-state index in [4.69, 9.17) is 5.11 Å². The van der Waals surface area contributed by atoms with Gasteiger partial charge in [-0.25, -0.2) is 14.3 Å². The van der Waals surface area contributed by atoms with Crippen LogP contribution in [0.1, 0.15) is 16.2 Å². The molecule has 90 valence electrons. The van der Waals surface area contributed by atoms with Crippen LogP contribution in [0.3, 0.4) is 0 Å². The number of rotatable bonds is 2. The second-order valence-electron chi connectivity index (χ2n) is 3.99. The van der Waals surface area contributed by atoms with Crippen LogP contribution < -0.4 is 0 Å². The van der Waals surface area contributed by atoms with Gasteiger partial charge in [-0.3, -0.25) is 0 Å². The Kier molecular flexibility index (Phi) is 2.16. The number of fused-ring (bicyclic) bond motifs is 1. The summed E-state index contributed by atoms with van der Waals surface area (Å²) in [6.45, 7) is 1.84. The monoisotopic (exact) mass is 242 g/mol. The first-order valence-electron chi connectivity index (χ1n) is 5.39. The van der Waals surface area contributed by atoms with Crippen LogP contribution in [0.2, 0.25) is 0 Å². The van der Waals surface area contributed by atoms with Crippen molar-refractivity contribution in [1.29, 1.82) is 0 Å². The maximum atomic E-state index is 11.1. The Morgan fingerprint density at radius 3 is 2.94 bits per heavy atom. The van der Waals surface area contributed by atoms with Gasteiger partial charge in [0.25, 0.3) is 0 Å². The number of aromatic amines is 1. The lowest BCUT2D eigenvalue weighted by Crippen LogP contribution is -2.05. The third-order valence-corrected chi connectivity index (χ3v) is 2.66. The first-order valence-corrected chi connectivity index (χ1v) is 5.39. The van der Waals surface area contributed by atoms with Crippen LogP contribution >= 0.6 is 0 Å². The molecule has 0 saturated heterocycles. The Morgan fingerprint density at radius 2 is 2.28 bits per heavy atom. The number of carboxylic acid groups (broad SMARTS) is 1. The van der Waals surface area contributed by atoms with Crippen LogP contribution in [0.15, 0.2) is 30.6 Å². The van der Waals surface area contributed by atoms with Crippen molar-refractivity contribution in [3.63, 3.8) is 0 Å². The van der Waals surface area contributed by atoms with Crippen LogP contribution in [-0.4, -0.2) is 30.7 Å². The summed E-state index contributed by atoms with van der Waals surface area (Å²) in [6.07, 6.45) is 3.57. The molecule has 0 aliphatic rings. The normalized spacial score (nSPS) is 10.9. The van der Waals surface area contributed by atoms with E-state index in [1.165, 1.54) is 6.07 Å². The Hall–Kier alpha value is -2.63. The van der Waals surface area contributed by atoms with Gasteiger partial charge in [0.15, 0.2) is 11.3 Å². The zero-order chi connectivity index (χ0) is 12.7. The number of H-pyrrole nitrogens is 1. The van der Waals surface area contributed by atoms with E-state index in [9.17, 15) is 4.79 Å². The molecule has 0 unspecified atom stereocenters. The van der Waals surface area contributed by atoms with Crippen LogP contribution in [0.25, 0.3) is 16.9 Å². The number of nitrogens with one attached hydrogen (secondary N) is 1. The fraction of sp³-hybridized carbons (Fsp3) is 0.0833. The summed E-state index contributed by atoms with van der Waals surface area (Å²) in [4.78, 5) is 18.1. The molecule has 0 amide bonds. The van der Waals surface area contributed by atoms with Crippen molar-refractivity contribution < 1.29 is 9.90 Å². The molecule has 3 aromatic rings. The summed E-state index contributed by atoms with van der Waals surface area (Å²) in [5, 5.41) is 13.4. The van der Waals surface area contributed by atoms with Crippen LogP contribution in [0.4, 0.5) is 0 Å². The molecular weight excluding hydrogens is 232 g/mol. The van der Waals surface area contributed by atoms with E-state index in [0.29, 0.717) is 11.3 Å². The molecule has 0 atom stereocenters. The molecule has 6 heteroatoms. The highest BCUT2D eigenvalue weighted by molar-refractivity contribution is 5.87. The first-order chi connectivity index (χ1) is 8.65. The molecule has 0 saturated carbocycles. The van der Waals surface area contributed by atoms with E-state index in [-0.39, 0.29) is 5.69 Å². The Bertz CT molecular complexity index is 728. The minimum absolute atomic E-state index is 0.0126. The van der Waals surface area contributed by atoms with Crippen molar-refractivity contribution in [3.8, 4) is 11.3 Å². The molecule has 0 aliphatic carbocycles. The molecule has 0 aliphatic heterocycles. The van der Waals surface area contributed by atoms with Crippen LogP contribution in [-0.2, 0) is 0 Å². The summed E-state index contributed by atoms with van der Waals surface area (Å²) >= 11 is 0. The highest BCUT2D eigenvalue weighted by atomic mass is 16.4. The van der Waals surface area contributed by atoms with Gasteiger partial charge >= 0.3 is 5.97 Å². The number of aryl methyl sites for hydroxylation is 1. The number of carbonyl (C=O) groups is 1. The molecule has 6 nitrogen and oxygen atoms in total. The highest BCUT2D eigenvalue weighted by Crippen LogP contribution is 2.21. The Balaban J connectivity index is 2.36. The van der Waals surface area contributed by atoms with Crippen molar-refractivity contribution >= 4 is 11.6 Å². The van der Waals surface area contributed by atoms with Gasteiger partial charge in [0.05, 0.1) is 11.4 Å². The lowest BCUT2D eigenvalue weighted by atomic mass is 10.2. The van der Waals surface area contributed by atoms with Gasteiger partial charge in [0.2, 0.25) is 0 Å². The molecule has 0 spiro atoms. The van der Waals surface area contributed by atoms with Gasteiger partial charge in [-0.05, 0) is 19.1 Å². The van der Waals surface area contributed by atoms with Gasteiger partial charge in [0, 0.05) is 24.0 Å². The smallest absolute Gasteiger partial charge is 0.354 e. The van der Waals surface area contributed by atoms with Crippen molar-refractivity contribution in [2.75, 3.05) is 0 Å². The van der Waals surface area contributed by atoms with Crippen LogP contribution in [0.5, 0.6) is 0 Å². The van der Waals surface area contributed by atoms with Crippen molar-refractivity contribution in [2.24, 2.45) is 0 Å². The topological polar surface area (TPSA) is 83.3 Å². The summed E-state index contributed by atoms with van der Waals surface area (Å²) in [5.41, 5.74) is 2.91. The molecule has 2 N–H and O–H groups in total. The number of aromatic nitrogens is 4. The minimum Gasteiger partial charge on any atom is -0.477 e. The predicted molar refractivity (Wildman–Crippen MR) is 64.5 cm³/mol. The summed E-state index contributed by atoms with van der Waals surface area (Å²) in [6, 6.07) is 5.13. The average molecular weight is 242 g/mol. The van der Waals surface area contributed by atoms with E-state index in [0.717, 1.165) is 11.3 Å². The van der Waals surface area contributed by atoms with Crippen molar-refractivity contribution in [2.45, 2.75) is 6.92 Å². The third kappa shape index (κ3) is 1.55. The number of nitrogens with zero attached hydrogens (tertiary/aromatic N) is 3. The lowest BCUT2D eigenvalue weighted by Gasteiger charge is -2.03. The third-order valence-electron chi connectivity index (χ3n) is 2.66. The van der Waals surface area contributed by atoms with E-state index in [1.54, 1.807) is 23.0 Å². The van der Waals surface area contributed by atoms with Gasteiger partial charge in [-0.2, -0.15) is 5.10 Å². The maximum absolute atomic E-state index is 11.1. The second-order valence-corrected chi connectivity index (χ2v) is 3.99. The lowest BCUT2D eigenvalue weighted by molar-refractivity contribution is 0.0690. The Labute approximate surface area is 102 Å². The number of carboxylic acids is 1. The molecule has 3 aromatic heterocycles. The van der Waals surface area contributed by atoms with E-state index in [2.05, 4.69) is 15.1 Å². The summed E-state index contributed by atoms with van der Waals surface area (Å²) in [7, 11) is 0. The zero-order valence-electron chi connectivity index (χ0n) is 9.58. The molecule has 18 heavy (non-hydrogen) atoms. The quantitative estimate of drug-likeness (QED) is 0.716. The molecule has 3 heterocycles. The highest BCUT2D eigenvalue weighted by Gasteiger charge is 2.13. The summed E-state index contributed by atoms with van der Waals surface area (Å²) in [5.74, 6) is -1.05.